The molecule has 3 amide bonds. The number of carbonyl (C=O) groups excluding carboxylic acids is 3. The van der Waals surface area contributed by atoms with Crippen molar-refractivity contribution in [2.45, 2.75) is 75.8 Å². The van der Waals surface area contributed by atoms with Crippen molar-refractivity contribution in [3.05, 3.63) is 30.3 Å². The van der Waals surface area contributed by atoms with Crippen molar-refractivity contribution in [1.29, 1.82) is 0 Å². The predicted molar refractivity (Wildman–Crippen MR) is 150 cm³/mol. The quantitative estimate of drug-likeness (QED) is 0.371. The first-order valence-corrected chi connectivity index (χ1v) is 15.6. The molecule has 2 saturated heterocycles. The van der Waals surface area contributed by atoms with E-state index in [9.17, 15) is 32.7 Å². The van der Waals surface area contributed by atoms with Crippen LogP contribution in [0.4, 0.5) is 4.79 Å². The highest BCUT2D eigenvalue weighted by Crippen LogP contribution is 2.25. The minimum absolute atomic E-state index is 0.0314. The van der Waals surface area contributed by atoms with Gasteiger partial charge >= 0.3 is 12.1 Å². The number of ether oxygens (including phenoxy) is 1. The summed E-state index contributed by atoms with van der Waals surface area (Å²) in [6, 6.07) is 5.84. The zero-order chi connectivity index (χ0) is 30.2. The van der Waals surface area contributed by atoms with Crippen molar-refractivity contribution >= 4 is 33.9 Å². The normalized spacial score (nSPS) is 19.3. The molecule has 2 heterocycles. The van der Waals surface area contributed by atoms with Gasteiger partial charge in [0.15, 0.2) is 0 Å². The van der Waals surface area contributed by atoms with E-state index in [1.54, 1.807) is 15.9 Å². The van der Waals surface area contributed by atoms with Crippen LogP contribution in [-0.4, -0.2) is 91.6 Å². The second-order valence-corrected chi connectivity index (χ2v) is 13.4. The van der Waals surface area contributed by atoms with Crippen LogP contribution in [0.15, 0.2) is 35.2 Å². The Morgan fingerprint density at radius 2 is 1.68 bits per heavy atom. The maximum absolute atomic E-state index is 12.9. The van der Waals surface area contributed by atoms with Crippen LogP contribution in [0.25, 0.3) is 0 Å². The first kappa shape index (κ1) is 32.3. The Balaban J connectivity index is 1.43. The van der Waals surface area contributed by atoms with E-state index in [0.29, 0.717) is 51.2 Å². The first-order chi connectivity index (χ1) is 19.2. The summed E-state index contributed by atoms with van der Waals surface area (Å²) in [4.78, 5) is 53.1. The maximum Gasteiger partial charge on any atom is 0.410 e. The number of benzene rings is 1. The topological polar surface area (TPSA) is 162 Å². The van der Waals surface area contributed by atoms with Crippen molar-refractivity contribution < 1.29 is 37.4 Å². The van der Waals surface area contributed by atoms with E-state index in [0.717, 1.165) is 12.8 Å². The van der Waals surface area contributed by atoms with E-state index in [4.69, 9.17) is 4.74 Å². The number of sulfonamides is 1. The molecule has 2 aliphatic heterocycles. The highest BCUT2D eigenvalue weighted by molar-refractivity contribution is 7.89. The number of nitrogens with zero attached hydrogens (tertiary/aromatic N) is 2. The Labute approximate surface area is 241 Å². The molecule has 2 atom stereocenters. The smallest absolute Gasteiger partial charge is 0.410 e. The van der Waals surface area contributed by atoms with Gasteiger partial charge in [-0.15, -0.1) is 0 Å². The van der Waals surface area contributed by atoms with E-state index >= 15 is 0 Å². The lowest BCUT2D eigenvalue weighted by Gasteiger charge is -2.34. The van der Waals surface area contributed by atoms with Crippen LogP contribution in [0.5, 0.6) is 0 Å². The summed E-state index contributed by atoms with van der Waals surface area (Å²) in [6.45, 7) is 7.05. The third-order valence-corrected chi connectivity index (χ3v) is 8.79. The number of rotatable bonds is 10. The van der Waals surface area contributed by atoms with Crippen molar-refractivity contribution in [3.63, 3.8) is 0 Å². The summed E-state index contributed by atoms with van der Waals surface area (Å²) in [5.41, 5.74) is -0.540. The van der Waals surface area contributed by atoms with Gasteiger partial charge in [-0.2, -0.15) is 4.72 Å². The van der Waals surface area contributed by atoms with Gasteiger partial charge in [-0.25, -0.2) is 13.2 Å². The average Bonchev–Trinajstić information content (AvgIpc) is 2.93. The molecular formula is C28H42N4O8S. The maximum atomic E-state index is 12.9. The molecule has 1 aromatic carbocycles. The van der Waals surface area contributed by atoms with Gasteiger partial charge in [0.05, 0.1) is 10.8 Å². The molecule has 0 aliphatic carbocycles. The van der Waals surface area contributed by atoms with Gasteiger partial charge in [-0.1, -0.05) is 18.2 Å². The summed E-state index contributed by atoms with van der Waals surface area (Å²) in [5.74, 6) is -2.04. The van der Waals surface area contributed by atoms with Crippen molar-refractivity contribution in [1.82, 2.24) is 19.8 Å². The van der Waals surface area contributed by atoms with E-state index in [-0.39, 0.29) is 23.4 Å². The van der Waals surface area contributed by atoms with Crippen molar-refractivity contribution in [2.24, 2.45) is 11.8 Å². The summed E-state index contributed by atoms with van der Waals surface area (Å²) < 4.78 is 32.6. The second kappa shape index (κ2) is 14.1. The number of amides is 3. The fraction of sp³-hybridized carbons (Fsp3) is 0.643. The molecule has 0 saturated carbocycles. The van der Waals surface area contributed by atoms with Crippen LogP contribution in [0.1, 0.15) is 59.3 Å². The number of carboxylic acid groups (broad SMARTS) is 1. The number of nitrogens with one attached hydrogen (secondary N) is 2. The molecule has 13 heteroatoms. The fourth-order valence-corrected chi connectivity index (χ4v) is 6.23. The number of aliphatic carboxylic acids is 1. The number of hydrogen-bond acceptors (Lipinski definition) is 7. The fourth-order valence-electron chi connectivity index (χ4n) is 5.02. The molecule has 1 unspecified atom stereocenters. The molecule has 2 fully saturated rings. The number of carboxylic acids is 1. The highest BCUT2D eigenvalue weighted by Gasteiger charge is 2.32. The van der Waals surface area contributed by atoms with Gasteiger partial charge in [0.25, 0.3) is 0 Å². The van der Waals surface area contributed by atoms with Crippen LogP contribution in [0.2, 0.25) is 0 Å². The average molecular weight is 595 g/mol. The second-order valence-electron chi connectivity index (χ2n) is 11.7. The Morgan fingerprint density at radius 3 is 2.29 bits per heavy atom. The van der Waals surface area contributed by atoms with Crippen molar-refractivity contribution in [2.75, 3.05) is 32.7 Å². The predicted octanol–water partition coefficient (Wildman–Crippen LogP) is 2.20. The molecule has 12 nitrogen and oxygen atoms in total. The Bertz CT molecular complexity index is 1180. The standard InChI is InChI=1S/C28H42N4O8S/c1-28(2,3)40-27(37)31-16-13-20(14-17-31)11-12-24(33)32-15-7-8-21(19-32)25(34)29-18-23(26(35)36)30-41(38,39)22-9-5-4-6-10-22/h4-6,9-10,20-21,23,30H,7-8,11-19H2,1-3H3,(H,29,34)(H,35,36)/t21-,23?/m1/s1. The largest absolute Gasteiger partial charge is 0.480 e. The number of hydrogen-bond donors (Lipinski definition) is 3. The lowest BCUT2D eigenvalue weighted by atomic mass is 9.91. The van der Waals surface area contributed by atoms with Gasteiger partial charge < -0.3 is 25.0 Å². The Hall–Kier alpha value is -3.19. The van der Waals surface area contributed by atoms with E-state index in [2.05, 4.69) is 10.0 Å². The summed E-state index contributed by atoms with van der Waals surface area (Å²) in [6.07, 6.45) is 3.54. The lowest BCUT2D eigenvalue weighted by molar-refractivity contribution is -0.139. The summed E-state index contributed by atoms with van der Waals surface area (Å²) in [7, 11) is -4.09. The Morgan fingerprint density at radius 1 is 1.02 bits per heavy atom. The minimum Gasteiger partial charge on any atom is -0.480 e. The molecule has 0 spiro atoms. The van der Waals surface area contributed by atoms with Gasteiger partial charge in [0.2, 0.25) is 21.8 Å². The molecule has 0 radical (unpaired) electrons. The zero-order valence-corrected chi connectivity index (χ0v) is 24.8. The van der Waals surface area contributed by atoms with E-state index in [1.807, 2.05) is 20.8 Å². The minimum atomic E-state index is -4.09. The lowest BCUT2D eigenvalue weighted by Crippen LogP contribution is -2.51. The van der Waals surface area contributed by atoms with Gasteiger partial charge in [0.1, 0.15) is 11.6 Å². The molecule has 3 N–H and O–H groups in total. The molecule has 0 aromatic heterocycles. The summed E-state index contributed by atoms with van der Waals surface area (Å²) in [5, 5.41) is 12.1. The SMILES string of the molecule is CC(C)(C)OC(=O)N1CCC(CCC(=O)N2CCC[C@@H](C(=O)NCC(NS(=O)(=O)c3ccccc3)C(=O)O)C2)CC1. The number of likely N-dealkylation sites (tertiary alicyclic amines) is 2. The molecule has 228 valence electrons. The van der Waals surface area contributed by atoms with Crippen LogP contribution in [0, 0.1) is 11.8 Å². The third-order valence-electron chi connectivity index (χ3n) is 7.31. The molecular weight excluding hydrogens is 552 g/mol. The van der Waals surface area contributed by atoms with Crippen molar-refractivity contribution in [3.8, 4) is 0 Å². The van der Waals surface area contributed by atoms with Gasteiger partial charge in [0, 0.05) is 39.1 Å². The summed E-state index contributed by atoms with van der Waals surface area (Å²) >= 11 is 0. The molecule has 1 aromatic rings. The van der Waals surface area contributed by atoms with Gasteiger partial charge in [-0.3, -0.25) is 14.4 Å². The monoisotopic (exact) mass is 594 g/mol. The number of carbonyl (C=O) groups is 4. The first-order valence-electron chi connectivity index (χ1n) is 14.1. The molecule has 2 aliphatic rings. The molecule has 0 bridgehead atoms. The van der Waals surface area contributed by atoms with Gasteiger partial charge in [-0.05, 0) is 70.9 Å². The van der Waals surface area contributed by atoms with Crippen LogP contribution in [-0.2, 0) is 29.1 Å². The molecule has 3 rings (SSSR count). The van der Waals surface area contributed by atoms with Crippen LogP contribution < -0.4 is 10.0 Å². The van der Waals surface area contributed by atoms with E-state index < -0.39 is 46.0 Å². The Kier molecular flexibility index (Phi) is 11.1. The van der Waals surface area contributed by atoms with E-state index in [1.165, 1.54) is 24.3 Å². The highest BCUT2D eigenvalue weighted by atomic mass is 32.2. The van der Waals surface area contributed by atoms with Crippen LogP contribution in [0.3, 0.4) is 0 Å². The zero-order valence-electron chi connectivity index (χ0n) is 24.0. The molecule has 41 heavy (non-hydrogen) atoms. The third kappa shape index (κ3) is 9.99. The van der Waals surface area contributed by atoms with Crippen LogP contribution >= 0.6 is 0 Å². The number of piperidine rings is 2.